The molecule has 0 atom stereocenters. The van der Waals surface area contributed by atoms with E-state index in [1.807, 2.05) is 54.3 Å². The summed E-state index contributed by atoms with van der Waals surface area (Å²) in [6, 6.07) is 13.3. The number of amides is 1. The molecule has 30 heavy (non-hydrogen) atoms. The number of methoxy groups -OCH3 is 2. The maximum Gasteiger partial charge on any atom is 0.253 e. The number of pyridine rings is 1. The lowest BCUT2D eigenvalue weighted by molar-refractivity contribution is 0.0746. The summed E-state index contributed by atoms with van der Waals surface area (Å²) < 4.78 is 10.8. The number of anilines is 2. The third-order valence-electron chi connectivity index (χ3n) is 5.49. The van der Waals surface area contributed by atoms with Crippen LogP contribution < -0.4 is 20.1 Å². The minimum Gasteiger partial charge on any atom is -0.493 e. The first kappa shape index (κ1) is 19.8. The number of rotatable bonds is 4. The first-order chi connectivity index (χ1) is 14.5. The Kier molecular flexibility index (Phi) is 5.35. The Balaban J connectivity index is 1.53. The zero-order valence-electron chi connectivity index (χ0n) is 17.5. The van der Waals surface area contributed by atoms with E-state index < -0.39 is 0 Å². The van der Waals surface area contributed by atoms with Gasteiger partial charge in [0.15, 0.2) is 11.5 Å². The van der Waals surface area contributed by atoms with Crippen molar-refractivity contribution in [1.29, 1.82) is 0 Å². The fourth-order valence-electron chi connectivity index (χ4n) is 3.83. The van der Waals surface area contributed by atoms with Gasteiger partial charge >= 0.3 is 0 Å². The first-order valence-corrected chi connectivity index (χ1v) is 9.93. The summed E-state index contributed by atoms with van der Waals surface area (Å²) in [6.45, 7) is 4.66. The Labute approximate surface area is 176 Å². The van der Waals surface area contributed by atoms with E-state index in [4.69, 9.17) is 20.2 Å². The van der Waals surface area contributed by atoms with Crippen LogP contribution in [0.2, 0.25) is 0 Å². The van der Waals surface area contributed by atoms with Gasteiger partial charge in [-0.05, 0) is 25.1 Å². The molecule has 0 unspecified atom stereocenters. The molecule has 0 radical (unpaired) electrons. The van der Waals surface area contributed by atoms with Crippen LogP contribution in [0.3, 0.4) is 0 Å². The second-order valence-electron chi connectivity index (χ2n) is 7.44. The van der Waals surface area contributed by atoms with Gasteiger partial charge in [0.1, 0.15) is 5.82 Å². The molecule has 1 saturated heterocycles. The molecule has 1 amide bonds. The first-order valence-electron chi connectivity index (χ1n) is 9.93. The lowest BCUT2D eigenvalue weighted by Crippen LogP contribution is -2.49. The number of nitrogen functional groups attached to an aromatic ring is 1. The molecule has 1 aromatic heterocycles. The second kappa shape index (κ2) is 8.10. The zero-order chi connectivity index (χ0) is 21.3. The van der Waals surface area contributed by atoms with Crippen molar-refractivity contribution in [2.75, 3.05) is 51.0 Å². The third-order valence-corrected chi connectivity index (χ3v) is 5.49. The average molecular weight is 406 g/mol. The molecular weight excluding hydrogens is 380 g/mol. The SMILES string of the molecule is COc1cc2nc(N3CCN(C(=O)c4cccc(C)c4)CC3)cc(N)c2cc1OC. The number of hydrogen-bond acceptors (Lipinski definition) is 6. The van der Waals surface area contributed by atoms with Gasteiger partial charge in [0.05, 0.1) is 19.7 Å². The van der Waals surface area contributed by atoms with Crippen molar-refractivity contribution in [2.24, 2.45) is 0 Å². The molecule has 7 nitrogen and oxygen atoms in total. The van der Waals surface area contributed by atoms with Crippen LogP contribution >= 0.6 is 0 Å². The fourth-order valence-corrected chi connectivity index (χ4v) is 3.83. The molecule has 1 aliphatic heterocycles. The van der Waals surface area contributed by atoms with Gasteiger partial charge in [0.2, 0.25) is 0 Å². The van der Waals surface area contributed by atoms with Gasteiger partial charge in [-0.1, -0.05) is 17.7 Å². The molecule has 4 rings (SSSR count). The van der Waals surface area contributed by atoms with E-state index in [1.54, 1.807) is 14.2 Å². The zero-order valence-corrected chi connectivity index (χ0v) is 17.5. The number of aromatic nitrogens is 1. The number of carbonyl (C=O) groups excluding carboxylic acids is 1. The number of piperazine rings is 1. The van der Waals surface area contributed by atoms with Gasteiger partial charge < -0.3 is 25.0 Å². The highest BCUT2D eigenvalue weighted by atomic mass is 16.5. The summed E-state index contributed by atoms with van der Waals surface area (Å²) in [5.74, 6) is 2.10. The quantitative estimate of drug-likeness (QED) is 0.717. The largest absolute Gasteiger partial charge is 0.493 e. The number of hydrogen-bond donors (Lipinski definition) is 1. The molecule has 0 aliphatic carbocycles. The molecule has 156 valence electrons. The predicted molar refractivity (Wildman–Crippen MR) is 119 cm³/mol. The van der Waals surface area contributed by atoms with Gasteiger partial charge in [0.25, 0.3) is 5.91 Å². The van der Waals surface area contributed by atoms with Crippen molar-refractivity contribution in [1.82, 2.24) is 9.88 Å². The van der Waals surface area contributed by atoms with Crippen molar-refractivity contribution in [3.05, 3.63) is 53.6 Å². The van der Waals surface area contributed by atoms with Crippen molar-refractivity contribution >= 4 is 28.3 Å². The highest BCUT2D eigenvalue weighted by molar-refractivity contribution is 5.95. The topological polar surface area (TPSA) is 80.9 Å². The van der Waals surface area contributed by atoms with Crippen LogP contribution in [0, 0.1) is 6.92 Å². The molecule has 2 heterocycles. The van der Waals surface area contributed by atoms with Crippen LogP contribution in [0.15, 0.2) is 42.5 Å². The Morgan fingerprint density at radius 3 is 2.37 bits per heavy atom. The van der Waals surface area contributed by atoms with Crippen LogP contribution in [-0.2, 0) is 0 Å². The summed E-state index contributed by atoms with van der Waals surface area (Å²) in [6.07, 6.45) is 0. The van der Waals surface area contributed by atoms with E-state index in [1.165, 1.54) is 0 Å². The smallest absolute Gasteiger partial charge is 0.253 e. The van der Waals surface area contributed by atoms with Crippen molar-refractivity contribution in [3.63, 3.8) is 0 Å². The van der Waals surface area contributed by atoms with Crippen LogP contribution in [0.5, 0.6) is 11.5 Å². The molecule has 7 heteroatoms. The van der Waals surface area contributed by atoms with Crippen LogP contribution in [-0.4, -0.2) is 56.2 Å². The minimum absolute atomic E-state index is 0.0705. The van der Waals surface area contributed by atoms with Crippen LogP contribution in [0.4, 0.5) is 11.5 Å². The number of nitrogens with two attached hydrogens (primary N) is 1. The fraction of sp³-hybridized carbons (Fsp3) is 0.304. The number of carbonyl (C=O) groups is 1. The molecule has 0 saturated carbocycles. The Morgan fingerprint density at radius 1 is 1.00 bits per heavy atom. The number of aryl methyl sites for hydroxylation is 1. The lowest BCUT2D eigenvalue weighted by atomic mass is 10.1. The molecule has 3 aromatic rings. The second-order valence-corrected chi connectivity index (χ2v) is 7.44. The van der Waals surface area contributed by atoms with E-state index in [-0.39, 0.29) is 5.91 Å². The summed E-state index contributed by atoms with van der Waals surface area (Å²) >= 11 is 0. The summed E-state index contributed by atoms with van der Waals surface area (Å²) in [7, 11) is 3.20. The number of benzene rings is 2. The van der Waals surface area contributed by atoms with Gasteiger partial charge in [0, 0.05) is 54.9 Å². The molecule has 2 aromatic carbocycles. The minimum atomic E-state index is 0.0705. The lowest BCUT2D eigenvalue weighted by Gasteiger charge is -2.35. The van der Waals surface area contributed by atoms with Crippen molar-refractivity contribution < 1.29 is 14.3 Å². The maximum atomic E-state index is 12.8. The molecule has 0 bridgehead atoms. The predicted octanol–water partition coefficient (Wildman–Crippen LogP) is 3.11. The molecule has 1 fully saturated rings. The third kappa shape index (κ3) is 3.70. The number of ether oxygens (including phenoxy) is 2. The van der Waals surface area contributed by atoms with E-state index in [0.717, 1.165) is 27.8 Å². The Bertz CT molecular complexity index is 1090. The highest BCUT2D eigenvalue weighted by Gasteiger charge is 2.23. The Hall–Kier alpha value is -3.48. The van der Waals surface area contributed by atoms with E-state index in [2.05, 4.69) is 4.90 Å². The molecule has 2 N–H and O–H groups in total. The van der Waals surface area contributed by atoms with E-state index >= 15 is 0 Å². The number of fused-ring (bicyclic) bond motifs is 1. The molecule has 0 spiro atoms. The highest BCUT2D eigenvalue weighted by Crippen LogP contribution is 2.35. The Morgan fingerprint density at radius 2 is 1.70 bits per heavy atom. The van der Waals surface area contributed by atoms with E-state index in [9.17, 15) is 4.79 Å². The standard InChI is InChI=1S/C23H26N4O3/c1-15-5-4-6-16(11-15)23(28)27-9-7-26(8-10-27)22-13-18(24)17-12-20(29-2)21(30-3)14-19(17)25-22/h4-6,11-14H,7-10H2,1-3H3,(H2,24,25). The van der Waals surface area contributed by atoms with Crippen LogP contribution in [0.1, 0.15) is 15.9 Å². The number of nitrogens with zero attached hydrogens (tertiary/aromatic N) is 3. The average Bonchev–Trinajstić information content (AvgIpc) is 2.77. The van der Waals surface area contributed by atoms with Crippen molar-refractivity contribution in [2.45, 2.75) is 6.92 Å². The van der Waals surface area contributed by atoms with Gasteiger partial charge in [-0.3, -0.25) is 4.79 Å². The monoisotopic (exact) mass is 406 g/mol. The normalized spacial score (nSPS) is 14.1. The summed E-state index contributed by atoms with van der Waals surface area (Å²) in [5.41, 5.74) is 9.52. The molecular formula is C23H26N4O3. The summed E-state index contributed by atoms with van der Waals surface area (Å²) in [5, 5.41) is 0.824. The van der Waals surface area contributed by atoms with Crippen LogP contribution in [0.25, 0.3) is 10.9 Å². The van der Waals surface area contributed by atoms with Gasteiger partial charge in [-0.15, -0.1) is 0 Å². The summed E-state index contributed by atoms with van der Waals surface area (Å²) in [4.78, 5) is 21.6. The van der Waals surface area contributed by atoms with Gasteiger partial charge in [-0.25, -0.2) is 4.98 Å². The van der Waals surface area contributed by atoms with E-state index in [0.29, 0.717) is 43.4 Å². The maximum absolute atomic E-state index is 12.8. The molecule has 1 aliphatic rings. The van der Waals surface area contributed by atoms with Crippen molar-refractivity contribution in [3.8, 4) is 11.5 Å². The van der Waals surface area contributed by atoms with Gasteiger partial charge in [-0.2, -0.15) is 0 Å².